The number of rotatable bonds is 6. The van der Waals surface area contributed by atoms with E-state index in [0.29, 0.717) is 0 Å². The number of hydrogen-bond acceptors (Lipinski definition) is 2. The first-order valence-electron chi connectivity index (χ1n) is 6.56. The van der Waals surface area contributed by atoms with Crippen LogP contribution < -0.4 is 5.32 Å². The maximum atomic E-state index is 4.55. The van der Waals surface area contributed by atoms with Crippen LogP contribution in [-0.2, 0) is 6.54 Å². The smallest absolute Gasteiger partial charge is 0.0766 e. The van der Waals surface area contributed by atoms with Gasteiger partial charge in [-0.15, -0.1) is 0 Å². The van der Waals surface area contributed by atoms with Crippen molar-refractivity contribution in [1.29, 1.82) is 0 Å². The Kier molecular flexibility index (Phi) is 4.53. The summed E-state index contributed by atoms with van der Waals surface area (Å²) >= 11 is 0. The Hall–Kier alpha value is -1.61. The zero-order chi connectivity index (χ0) is 12.8. The summed E-state index contributed by atoms with van der Waals surface area (Å²) in [5, 5.41) is 7.97. The van der Waals surface area contributed by atoms with Gasteiger partial charge in [0.25, 0.3) is 0 Å². The monoisotopic (exact) mass is 243 g/mol. The van der Waals surface area contributed by atoms with Gasteiger partial charge in [0.2, 0.25) is 0 Å². The van der Waals surface area contributed by atoms with Crippen LogP contribution in [0.5, 0.6) is 0 Å². The Morgan fingerprint density at radius 3 is 2.67 bits per heavy atom. The molecule has 3 nitrogen and oxygen atoms in total. The molecule has 0 fully saturated rings. The van der Waals surface area contributed by atoms with E-state index in [1.807, 2.05) is 29.1 Å². The lowest BCUT2D eigenvalue weighted by Crippen LogP contribution is -2.16. The van der Waals surface area contributed by atoms with Crippen LogP contribution in [0.2, 0.25) is 0 Å². The van der Waals surface area contributed by atoms with Crippen LogP contribution in [0, 0.1) is 5.92 Å². The lowest BCUT2D eigenvalue weighted by atomic mass is 10.1. The van der Waals surface area contributed by atoms with Crippen LogP contribution in [0.3, 0.4) is 0 Å². The van der Waals surface area contributed by atoms with E-state index in [0.717, 1.165) is 30.4 Å². The molecule has 1 aromatic carbocycles. The largest absolute Gasteiger partial charge is 0.311 e. The summed E-state index contributed by atoms with van der Waals surface area (Å²) in [6, 6.07) is 12.2. The second kappa shape index (κ2) is 6.36. The van der Waals surface area contributed by atoms with Crippen molar-refractivity contribution in [3.05, 3.63) is 48.3 Å². The third kappa shape index (κ3) is 3.70. The molecule has 0 radical (unpaired) electrons. The number of aromatic nitrogens is 2. The van der Waals surface area contributed by atoms with Crippen molar-refractivity contribution in [3.8, 4) is 5.69 Å². The Bertz CT molecular complexity index is 460. The number of para-hydroxylation sites is 1. The van der Waals surface area contributed by atoms with Gasteiger partial charge >= 0.3 is 0 Å². The first kappa shape index (κ1) is 12.8. The fraction of sp³-hybridized carbons (Fsp3) is 0.400. The minimum Gasteiger partial charge on any atom is -0.311 e. The van der Waals surface area contributed by atoms with Crippen molar-refractivity contribution in [2.75, 3.05) is 6.54 Å². The topological polar surface area (TPSA) is 29.9 Å². The number of benzene rings is 1. The maximum Gasteiger partial charge on any atom is 0.0766 e. The molecule has 0 saturated carbocycles. The molecule has 1 aromatic heterocycles. The molecule has 0 spiro atoms. The normalized spacial score (nSPS) is 11.1. The molecule has 0 unspecified atom stereocenters. The Morgan fingerprint density at radius 2 is 1.94 bits per heavy atom. The number of nitrogens with zero attached hydrogens (tertiary/aromatic N) is 2. The van der Waals surface area contributed by atoms with Gasteiger partial charge in [0.1, 0.15) is 0 Å². The van der Waals surface area contributed by atoms with Gasteiger partial charge in [0, 0.05) is 12.7 Å². The van der Waals surface area contributed by atoms with Crippen LogP contribution in [0.1, 0.15) is 26.0 Å². The molecule has 1 N–H and O–H groups in total. The van der Waals surface area contributed by atoms with Crippen molar-refractivity contribution in [1.82, 2.24) is 15.1 Å². The van der Waals surface area contributed by atoms with E-state index in [-0.39, 0.29) is 0 Å². The average Bonchev–Trinajstić information content (AvgIpc) is 2.84. The minimum atomic E-state index is 0.749. The third-order valence-electron chi connectivity index (χ3n) is 2.87. The first-order chi connectivity index (χ1) is 8.75. The summed E-state index contributed by atoms with van der Waals surface area (Å²) < 4.78 is 1.92. The van der Waals surface area contributed by atoms with Crippen LogP contribution >= 0.6 is 0 Å². The van der Waals surface area contributed by atoms with Crippen molar-refractivity contribution in [2.24, 2.45) is 5.92 Å². The van der Waals surface area contributed by atoms with Crippen molar-refractivity contribution < 1.29 is 0 Å². The molecule has 2 rings (SSSR count). The van der Waals surface area contributed by atoms with Gasteiger partial charge in [-0.05, 0) is 37.1 Å². The van der Waals surface area contributed by atoms with Crippen molar-refractivity contribution in [2.45, 2.75) is 26.8 Å². The fourth-order valence-electron chi connectivity index (χ4n) is 1.79. The average molecular weight is 243 g/mol. The molecular weight excluding hydrogens is 222 g/mol. The summed E-state index contributed by atoms with van der Waals surface area (Å²) in [5.41, 5.74) is 2.19. The SMILES string of the molecule is CC(C)CCNCc1ccn(-c2ccccc2)n1. The first-order valence-corrected chi connectivity index (χ1v) is 6.56. The summed E-state index contributed by atoms with van der Waals surface area (Å²) in [5.74, 6) is 0.749. The van der Waals surface area contributed by atoms with E-state index in [1.54, 1.807) is 0 Å². The zero-order valence-electron chi connectivity index (χ0n) is 11.1. The van der Waals surface area contributed by atoms with Crippen LogP contribution in [-0.4, -0.2) is 16.3 Å². The molecule has 0 bridgehead atoms. The Labute approximate surface area is 109 Å². The van der Waals surface area contributed by atoms with Gasteiger partial charge in [-0.1, -0.05) is 32.0 Å². The molecule has 0 saturated heterocycles. The molecule has 3 heteroatoms. The standard InChI is InChI=1S/C15H21N3/c1-13(2)8-10-16-12-14-9-11-18(17-14)15-6-4-3-5-7-15/h3-7,9,11,13,16H,8,10,12H2,1-2H3. The molecule has 2 aromatic rings. The second-order valence-electron chi connectivity index (χ2n) is 4.95. The van der Waals surface area contributed by atoms with E-state index >= 15 is 0 Å². The molecule has 0 aliphatic carbocycles. The molecule has 96 valence electrons. The summed E-state index contributed by atoms with van der Waals surface area (Å²) in [6.07, 6.45) is 3.22. The van der Waals surface area contributed by atoms with Crippen molar-refractivity contribution >= 4 is 0 Å². The molecule has 1 heterocycles. The highest BCUT2D eigenvalue weighted by Gasteiger charge is 2.00. The van der Waals surface area contributed by atoms with Gasteiger partial charge < -0.3 is 5.32 Å². The Balaban J connectivity index is 1.87. The third-order valence-corrected chi connectivity index (χ3v) is 2.87. The van der Waals surface area contributed by atoms with Gasteiger partial charge in [0.05, 0.1) is 11.4 Å². The van der Waals surface area contributed by atoms with Crippen LogP contribution in [0.4, 0.5) is 0 Å². The summed E-state index contributed by atoms with van der Waals surface area (Å²) in [4.78, 5) is 0. The molecule has 0 aliphatic rings. The lowest BCUT2D eigenvalue weighted by Gasteiger charge is -2.05. The molecule has 0 aliphatic heterocycles. The van der Waals surface area contributed by atoms with Gasteiger partial charge in [0.15, 0.2) is 0 Å². The van der Waals surface area contributed by atoms with E-state index in [4.69, 9.17) is 0 Å². The maximum absolute atomic E-state index is 4.55. The molecule has 18 heavy (non-hydrogen) atoms. The predicted molar refractivity (Wildman–Crippen MR) is 74.7 cm³/mol. The fourth-order valence-corrected chi connectivity index (χ4v) is 1.79. The van der Waals surface area contributed by atoms with Gasteiger partial charge in [-0.2, -0.15) is 5.10 Å². The zero-order valence-corrected chi connectivity index (χ0v) is 11.1. The van der Waals surface area contributed by atoms with E-state index in [9.17, 15) is 0 Å². The summed E-state index contributed by atoms with van der Waals surface area (Å²) in [7, 11) is 0. The van der Waals surface area contributed by atoms with Crippen LogP contribution in [0.15, 0.2) is 42.6 Å². The number of hydrogen-bond donors (Lipinski definition) is 1. The second-order valence-corrected chi connectivity index (χ2v) is 4.95. The van der Waals surface area contributed by atoms with E-state index in [1.165, 1.54) is 6.42 Å². The minimum absolute atomic E-state index is 0.749. The van der Waals surface area contributed by atoms with E-state index < -0.39 is 0 Å². The van der Waals surface area contributed by atoms with Gasteiger partial charge in [-0.3, -0.25) is 0 Å². The molecular formula is C15H21N3. The highest BCUT2D eigenvalue weighted by Crippen LogP contribution is 2.06. The highest BCUT2D eigenvalue weighted by atomic mass is 15.3. The number of nitrogens with one attached hydrogen (secondary N) is 1. The van der Waals surface area contributed by atoms with Gasteiger partial charge in [-0.25, -0.2) is 4.68 Å². The Morgan fingerprint density at radius 1 is 1.17 bits per heavy atom. The predicted octanol–water partition coefficient (Wildman–Crippen LogP) is 3.01. The lowest BCUT2D eigenvalue weighted by molar-refractivity contribution is 0.534. The molecule has 0 atom stereocenters. The van der Waals surface area contributed by atoms with E-state index in [2.05, 4.69) is 42.5 Å². The van der Waals surface area contributed by atoms with Crippen molar-refractivity contribution in [3.63, 3.8) is 0 Å². The molecule has 0 amide bonds. The summed E-state index contributed by atoms with van der Waals surface area (Å²) in [6.45, 7) is 6.38. The van der Waals surface area contributed by atoms with Crippen LogP contribution in [0.25, 0.3) is 5.69 Å². The highest BCUT2D eigenvalue weighted by molar-refractivity contribution is 5.30. The quantitative estimate of drug-likeness (QED) is 0.790.